The van der Waals surface area contributed by atoms with E-state index in [4.69, 9.17) is 9.26 Å². The Balaban J connectivity index is 1.55. The van der Waals surface area contributed by atoms with Gasteiger partial charge < -0.3 is 9.26 Å². The van der Waals surface area contributed by atoms with E-state index in [1.807, 2.05) is 19.1 Å². The van der Waals surface area contributed by atoms with Crippen molar-refractivity contribution in [2.24, 2.45) is 0 Å². The summed E-state index contributed by atoms with van der Waals surface area (Å²) in [7, 11) is -3.43. The third-order valence-corrected chi connectivity index (χ3v) is 5.98. The van der Waals surface area contributed by atoms with E-state index in [1.165, 1.54) is 4.31 Å². The molecular formula is C16H21N3O4S. The van der Waals surface area contributed by atoms with Crippen molar-refractivity contribution < 1.29 is 17.7 Å². The van der Waals surface area contributed by atoms with Crippen molar-refractivity contribution in [3.05, 3.63) is 41.5 Å². The second kappa shape index (κ2) is 7.00. The molecule has 1 saturated heterocycles. The van der Waals surface area contributed by atoms with E-state index in [9.17, 15) is 8.42 Å². The third-order valence-electron chi connectivity index (χ3n) is 4.07. The van der Waals surface area contributed by atoms with Crippen molar-refractivity contribution >= 4 is 10.0 Å². The molecule has 0 saturated carbocycles. The lowest BCUT2D eigenvalue weighted by Gasteiger charge is -2.30. The number of ether oxygens (including phenoxy) is 1. The molecule has 0 spiro atoms. The Labute approximate surface area is 141 Å². The fourth-order valence-corrected chi connectivity index (χ4v) is 4.16. The van der Waals surface area contributed by atoms with Gasteiger partial charge in [-0.15, -0.1) is 0 Å². The van der Waals surface area contributed by atoms with E-state index in [0.29, 0.717) is 42.5 Å². The number of benzene rings is 1. The molecule has 1 aliphatic rings. The summed E-state index contributed by atoms with van der Waals surface area (Å²) in [5, 5.41) is 3.71. The number of hydrogen-bond acceptors (Lipinski definition) is 6. The molecule has 0 unspecified atom stereocenters. The molecule has 0 bridgehead atoms. The summed E-state index contributed by atoms with van der Waals surface area (Å²) in [5.41, 5.74) is 1.04. The molecule has 130 valence electrons. The molecule has 0 N–H and O–H groups in total. The Morgan fingerprint density at radius 3 is 2.46 bits per heavy atom. The predicted octanol–water partition coefficient (Wildman–Crippen LogP) is 2.06. The fourth-order valence-electron chi connectivity index (χ4n) is 2.69. The van der Waals surface area contributed by atoms with Gasteiger partial charge in [-0.3, -0.25) is 0 Å². The maximum absolute atomic E-state index is 12.6. The lowest BCUT2D eigenvalue weighted by molar-refractivity contribution is -0.00119. The maximum Gasteiger partial charge on any atom is 0.252 e. The van der Waals surface area contributed by atoms with Crippen LogP contribution in [0, 0.1) is 13.8 Å². The number of aryl methyl sites for hydroxylation is 2. The monoisotopic (exact) mass is 351 g/mol. The lowest BCUT2D eigenvalue weighted by atomic mass is 10.1. The molecular weight excluding hydrogens is 330 g/mol. The van der Waals surface area contributed by atoms with Crippen molar-refractivity contribution in [3.63, 3.8) is 0 Å². The highest BCUT2D eigenvalue weighted by Crippen LogP contribution is 2.22. The molecule has 1 aromatic carbocycles. The summed E-state index contributed by atoms with van der Waals surface area (Å²) >= 11 is 0. The molecule has 1 aromatic heterocycles. The Morgan fingerprint density at radius 1 is 1.21 bits per heavy atom. The van der Waals surface area contributed by atoms with Crippen molar-refractivity contribution in [2.75, 3.05) is 13.1 Å². The minimum atomic E-state index is -3.43. The van der Waals surface area contributed by atoms with Gasteiger partial charge >= 0.3 is 0 Å². The first kappa shape index (κ1) is 17.1. The summed E-state index contributed by atoms with van der Waals surface area (Å²) in [6.07, 6.45) is 1.30. The van der Waals surface area contributed by atoms with E-state index >= 15 is 0 Å². The smallest absolute Gasteiger partial charge is 0.252 e. The van der Waals surface area contributed by atoms with Crippen molar-refractivity contribution in [1.29, 1.82) is 0 Å². The average molecular weight is 351 g/mol. The zero-order valence-corrected chi connectivity index (χ0v) is 14.6. The standard InChI is InChI=1S/C16H21N3O4S/c1-12-3-5-15(6-4-12)24(20,21)19-9-7-14(8-10-19)22-11-16-17-13(2)18-23-16/h3-6,14H,7-11H2,1-2H3. The van der Waals surface area contributed by atoms with Crippen LogP contribution in [0.1, 0.15) is 30.1 Å². The molecule has 0 radical (unpaired) electrons. The number of hydrogen-bond donors (Lipinski definition) is 0. The predicted molar refractivity (Wildman–Crippen MR) is 86.8 cm³/mol. The highest BCUT2D eigenvalue weighted by molar-refractivity contribution is 7.89. The van der Waals surface area contributed by atoms with E-state index in [2.05, 4.69) is 10.1 Å². The largest absolute Gasteiger partial charge is 0.368 e. The Morgan fingerprint density at radius 2 is 1.88 bits per heavy atom. The molecule has 2 aromatic rings. The van der Waals surface area contributed by atoms with Crippen LogP contribution in [0.2, 0.25) is 0 Å². The summed E-state index contributed by atoms with van der Waals surface area (Å²) in [6, 6.07) is 6.95. The van der Waals surface area contributed by atoms with Gasteiger partial charge in [0.05, 0.1) is 11.0 Å². The number of rotatable bonds is 5. The second-order valence-electron chi connectivity index (χ2n) is 5.96. The van der Waals surface area contributed by atoms with Crippen LogP contribution in [0.5, 0.6) is 0 Å². The van der Waals surface area contributed by atoms with Gasteiger partial charge in [-0.05, 0) is 38.8 Å². The van der Waals surface area contributed by atoms with Crippen LogP contribution in [0.15, 0.2) is 33.7 Å². The summed E-state index contributed by atoms with van der Waals surface area (Å²) in [6.45, 7) is 4.84. The Bertz CT molecular complexity index is 778. The van der Waals surface area contributed by atoms with Gasteiger partial charge in [-0.25, -0.2) is 8.42 Å². The molecule has 24 heavy (non-hydrogen) atoms. The maximum atomic E-state index is 12.6. The van der Waals surface area contributed by atoms with E-state index in [1.54, 1.807) is 19.1 Å². The van der Waals surface area contributed by atoms with Gasteiger partial charge in [-0.2, -0.15) is 9.29 Å². The fraction of sp³-hybridized carbons (Fsp3) is 0.500. The van der Waals surface area contributed by atoms with Crippen LogP contribution in [-0.4, -0.2) is 42.1 Å². The average Bonchev–Trinajstić information content (AvgIpc) is 2.99. The normalized spacial score (nSPS) is 17.2. The highest BCUT2D eigenvalue weighted by atomic mass is 32.2. The van der Waals surface area contributed by atoms with Gasteiger partial charge in [0.2, 0.25) is 10.0 Å². The van der Waals surface area contributed by atoms with E-state index < -0.39 is 10.0 Å². The first-order valence-corrected chi connectivity index (χ1v) is 9.37. The SMILES string of the molecule is Cc1ccc(S(=O)(=O)N2CCC(OCc3nc(C)no3)CC2)cc1. The van der Waals surface area contributed by atoms with E-state index in [-0.39, 0.29) is 12.7 Å². The minimum Gasteiger partial charge on any atom is -0.368 e. The topological polar surface area (TPSA) is 85.5 Å². The quantitative estimate of drug-likeness (QED) is 0.820. The molecule has 1 fully saturated rings. The molecule has 7 nitrogen and oxygen atoms in total. The molecule has 3 rings (SSSR count). The van der Waals surface area contributed by atoms with Gasteiger partial charge in [0, 0.05) is 13.1 Å². The highest BCUT2D eigenvalue weighted by Gasteiger charge is 2.29. The number of sulfonamides is 1. The third kappa shape index (κ3) is 3.82. The van der Waals surface area contributed by atoms with Crippen LogP contribution < -0.4 is 0 Å². The summed E-state index contributed by atoms with van der Waals surface area (Å²) in [5.74, 6) is 1.02. The van der Waals surface area contributed by atoms with Crippen LogP contribution >= 0.6 is 0 Å². The molecule has 2 heterocycles. The van der Waals surface area contributed by atoms with Gasteiger partial charge in [-0.1, -0.05) is 22.9 Å². The minimum absolute atomic E-state index is 0.00155. The molecule has 1 aliphatic heterocycles. The van der Waals surface area contributed by atoms with Gasteiger partial charge in [0.15, 0.2) is 5.82 Å². The number of piperidine rings is 1. The number of nitrogens with zero attached hydrogens (tertiary/aromatic N) is 3. The molecule has 8 heteroatoms. The van der Waals surface area contributed by atoms with Crippen LogP contribution in [-0.2, 0) is 21.4 Å². The molecule has 0 amide bonds. The second-order valence-corrected chi connectivity index (χ2v) is 7.90. The summed E-state index contributed by atoms with van der Waals surface area (Å²) in [4.78, 5) is 4.43. The zero-order valence-electron chi connectivity index (χ0n) is 13.8. The first-order valence-electron chi connectivity index (χ1n) is 7.93. The van der Waals surface area contributed by atoms with Crippen molar-refractivity contribution in [2.45, 2.75) is 44.3 Å². The lowest BCUT2D eigenvalue weighted by Crippen LogP contribution is -2.40. The van der Waals surface area contributed by atoms with Crippen molar-refractivity contribution in [3.8, 4) is 0 Å². The zero-order chi connectivity index (χ0) is 17.2. The summed E-state index contributed by atoms with van der Waals surface area (Å²) < 4.78 is 37.6. The first-order chi connectivity index (χ1) is 11.4. The van der Waals surface area contributed by atoms with Gasteiger partial charge in [0.1, 0.15) is 6.61 Å². The van der Waals surface area contributed by atoms with Crippen LogP contribution in [0.25, 0.3) is 0 Å². The van der Waals surface area contributed by atoms with Crippen molar-refractivity contribution in [1.82, 2.24) is 14.4 Å². The van der Waals surface area contributed by atoms with E-state index in [0.717, 1.165) is 5.56 Å². The number of aromatic nitrogens is 2. The Kier molecular flexibility index (Phi) is 4.98. The van der Waals surface area contributed by atoms with Crippen LogP contribution in [0.3, 0.4) is 0 Å². The Hall–Kier alpha value is -1.77. The molecule has 0 atom stereocenters. The molecule has 0 aliphatic carbocycles. The van der Waals surface area contributed by atoms with Gasteiger partial charge in [0.25, 0.3) is 5.89 Å². The van der Waals surface area contributed by atoms with Crippen LogP contribution in [0.4, 0.5) is 0 Å².